The predicted octanol–water partition coefficient (Wildman–Crippen LogP) is 6.36. The highest BCUT2D eigenvalue weighted by molar-refractivity contribution is 6.40. The van der Waals surface area contributed by atoms with E-state index >= 15 is 0 Å². The molecule has 0 unspecified atom stereocenters. The van der Waals surface area contributed by atoms with Crippen LogP contribution in [0.15, 0.2) is 30.5 Å². The summed E-state index contributed by atoms with van der Waals surface area (Å²) in [7, 11) is 0. The molecular formula is C21H14Cl2F4N2O4. The fraction of sp³-hybridized carbons (Fsp3) is 0.143. The molecule has 1 heterocycles. The van der Waals surface area contributed by atoms with Crippen LogP contribution >= 0.6 is 23.2 Å². The van der Waals surface area contributed by atoms with E-state index in [4.69, 9.17) is 27.9 Å². The zero-order valence-electron chi connectivity index (χ0n) is 16.7. The maximum absolute atomic E-state index is 14.3. The number of carboxylic acid groups (broad SMARTS) is 1. The number of benzene rings is 2. The molecule has 0 aliphatic heterocycles. The topological polar surface area (TPSA) is 80.7 Å². The minimum absolute atomic E-state index is 0.0120. The Labute approximate surface area is 194 Å². The molecule has 0 saturated carbocycles. The highest BCUT2D eigenvalue weighted by atomic mass is 35.5. The van der Waals surface area contributed by atoms with Gasteiger partial charge in [0.15, 0.2) is 17.4 Å². The largest absolute Gasteiger partial charge is 0.488 e. The molecule has 0 radical (unpaired) electrons. The summed E-state index contributed by atoms with van der Waals surface area (Å²) >= 11 is 12.4. The Morgan fingerprint density at radius 2 is 1.73 bits per heavy atom. The van der Waals surface area contributed by atoms with Crippen LogP contribution in [0.5, 0.6) is 11.5 Å². The maximum atomic E-state index is 14.3. The van der Waals surface area contributed by atoms with Crippen molar-refractivity contribution in [2.75, 3.05) is 11.9 Å². The van der Waals surface area contributed by atoms with Crippen molar-refractivity contribution in [3.63, 3.8) is 0 Å². The molecule has 0 spiro atoms. The molecule has 0 saturated heterocycles. The van der Waals surface area contributed by atoms with Crippen LogP contribution in [0.4, 0.5) is 29.1 Å². The predicted molar refractivity (Wildman–Crippen MR) is 113 cm³/mol. The smallest absolute Gasteiger partial charge is 0.339 e. The van der Waals surface area contributed by atoms with E-state index in [-0.39, 0.29) is 39.5 Å². The third-order valence-corrected chi connectivity index (χ3v) is 5.00. The monoisotopic (exact) mass is 504 g/mol. The summed E-state index contributed by atoms with van der Waals surface area (Å²) in [5.41, 5.74) is -1.21. The van der Waals surface area contributed by atoms with Gasteiger partial charge in [-0.1, -0.05) is 23.2 Å². The number of aromatic carboxylic acids is 1. The van der Waals surface area contributed by atoms with E-state index in [0.717, 1.165) is 0 Å². The maximum Gasteiger partial charge on any atom is 0.339 e. The molecule has 0 bridgehead atoms. The van der Waals surface area contributed by atoms with Gasteiger partial charge in [-0.05, 0) is 31.2 Å². The molecule has 33 heavy (non-hydrogen) atoms. The van der Waals surface area contributed by atoms with Gasteiger partial charge in [-0.3, -0.25) is 0 Å². The number of ether oxygens (including phenoxy) is 2. The highest BCUT2D eigenvalue weighted by Crippen LogP contribution is 2.40. The molecule has 0 fully saturated rings. The van der Waals surface area contributed by atoms with Crippen molar-refractivity contribution in [3.8, 4) is 11.5 Å². The summed E-state index contributed by atoms with van der Waals surface area (Å²) < 4.78 is 66.7. The SMILES string of the molecule is CCOc1c(F)c(F)c(COc2ccc(Cl)c(Nc3ncccc3C(=O)O)c2Cl)c(F)c1F. The number of hydrogen-bond donors (Lipinski definition) is 2. The third-order valence-electron chi connectivity index (χ3n) is 4.31. The van der Waals surface area contributed by atoms with E-state index in [2.05, 4.69) is 15.0 Å². The zero-order valence-corrected chi connectivity index (χ0v) is 18.2. The van der Waals surface area contributed by atoms with Crippen LogP contribution in [0.2, 0.25) is 10.0 Å². The van der Waals surface area contributed by atoms with Gasteiger partial charge in [-0.25, -0.2) is 18.6 Å². The lowest BCUT2D eigenvalue weighted by Gasteiger charge is -2.16. The number of carboxylic acids is 1. The first-order valence-electron chi connectivity index (χ1n) is 9.21. The molecule has 3 aromatic rings. The minimum atomic E-state index is -1.70. The van der Waals surface area contributed by atoms with Crippen molar-refractivity contribution < 1.29 is 36.9 Å². The first-order valence-corrected chi connectivity index (χ1v) is 9.96. The first-order chi connectivity index (χ1) is 15.7. The number of rotatable bonds is 8. The van der Waals surface area contributed by atoms with Gasteiger partial charge in [-0.2, -0.15) is 8.78 Å². The van der Waals surface area contributed by atoms with Crippen LogP contribution < -0.4 is 14.8 Å². The standard InChI is InChI=1S/C21H14Cl2F4N2O4/c1-2-32-19-16(26)14(24)10(15(25)17(19)27)8-33-12-6-5-11(22)18(13(12)23)29-20-9(21(30)31)4-3-7-28-20/h3-7H,2,8H2,1H3,(H,28,29)(H,30,31). The number of anilines is 2. The number of halogens is 6. The molecule has 0 aliphatic carbocycles. The van der Waals surface area contributed by atoms with E-state index in [1.807, 2.05) is 0 Å². The molecule has 3 rings (SSSR count). The molecule has 0 aliphatic rings. The van der Waals surface area contributed by atoms with Gasteiger partial charge >= 0.3 is 5.97 Å². The number of aromatic nitrogens is 1. The highest BCUT2D eigenvalue weighted by Gasteiger charge is 2.27. The second-order valence-electron chi connectivity index (χ2n) is 6.35. The molecule has 0 atom stereocenters. The van der Waals surface area contributed by atoms with E-state index in [9.17, 15) is 27.5 Å². The Kier molecular flexibility index (Phi) is 7.50. The summed E-state index contributed by atoms with van der Waals surface area (Å²) in [5.74, 6) is -9.44. The first kappa shape index (κ1) is 24.4. The van der Waals surface area contributed by atoms with Gasteiger partial charge in [0.05, 0.1) is 22.9 Å². The Balaban J connectivity index is 1.93. The average Bonchev–Trinajstić information content (AvgIpc) is 2.79. The summed E-state index contributed by atoms with van der Waals surface area (Å²) in [4.78, 5) is 15.3. The van der Waals surface area contributed by atoms with Crippen LogP contribution in [0.3, 0.4) is 0 Å². The summed E-state index contributed by atoms with van der Waals surface area (Å²) in [6.45, 7) is 0.255. The molecule has 12 heteroatoms. The minimum Gasteiger partial charge on any atom is -0.488 e. The molecule has 2 N–H and O–H groups in total. The van der Waals surface area contributed by atoms with Crippen molar-refractivity contribution in [3.05, 3.63) is 74.9 Å². The van der Waals surface area contributed by atoms with Gasteiger partial charge in [0.1, 0.15) is 28.8 Å². The normalized spacial score (nSPS) is 10.8. The third kappa shape index (κ3) is 4.91. The lowest BCUT2D eigenvalue weighted by Crippen LogP contribution is -2.10. The zero-order chi connectivity index (χ0) is 24.3. The van der Waals surface area contributed by atoms with E-state index in [0.29, 0.717) is 0 Å². The fourth-order valence-corrected chi connectivity index (χ4v) is 3.28. The van der Waals surface area contributed by atoms with Crippen LogP contribution in [0, 0.1) is 23.3 Å². The number of pyridine rings is 1. The number of nitrogens with one attached hydrogen (secondary N) is 1. The van der Waals surface area contributed by atoms with Crippen LogP contribution in [0.1, 0.15) is 22.8 Å². The van der Waals surface area contributed by atoms with Crippen LogP contribution in [0.25, 0.3) is 0 Å². The Bertz CT molecular complexity index is 1200. The Hall–Kier alpha value is -3.24. The number of nitrogens with zero attached hydrogens (tertiary/aromatic N) is 1. The summed E-state index contributed by atoms with van der Waals surface area (Å²) in [6, 6.07) is 5.26. The molecule has 0 amide bonds. The quantitative estimate of drug-likeness (QED) is 0.274. The van der Waals surface area contributed by atoms with Crippen molar-refractivity contribution in [1.29, 1.82) is 0 Å². The van der Waals surface area contributed by atoms with E-state index in [1.165, 1.54) is 37.4 Å². The lowest BCUT2D eigenvalue weighted by atomic mass is 10.1. The number of hydrogen-bond acceptors (Lipinski definition) is 5. The van der Waals surface area contributed by atoms with Crippen molar-refractivity contribution in [1.82, 2.24) is 4.98 Å². The van der Waals surface area contributed by atoms with Gasteiger partial charge in [0, 0.05) is 6.20 Å². The van der Waals surface area contributed by atoms with Gasteiger partial charge in [-0.15, -0.1) is 0 Å². The number of carbonyl (C=O) groups is 1. The van der Waals surface area contributed by atoms with E-state index < -0.39 is 47.2 Å². The fourth-order valence-electron chi connectivity index (χ4n) is 2.76. The van der Waals surface area contributed by atoms with Crippen molar-refractivity contribution in [2.45, 2.75) is 13.5 Å². The molecule has 6 nitrogen and oxygen atoms in total. The molecule has 174 valence electrons. The van der Waals surface area contributed by atoms with Crippen molar-refractivity contribution in [2.24, 2.45) is 0 Å². The van der Waals surface area contributed by atoms with E-state index in [1.54, 1.807) is 0 Å². The van der Waals surface area contributed by atoms with Crippen LogP contribution in [-0.4, -0.2) is 22.7 Å². The second-order valence-corrected chi connectivity index (χ2v) is 7.13. The molecule has 2 aromatic carbocycles. The van der Waals surface area contributed by atoms with Gasteiger partial charge in [0.2, 0.25) is 11.6 Å². The van der Waals surface area contributed by atoms with Gasteiger partial charge in [0.25, 0.3) is 0 Å². The molecular weight excluding hydrogens is 491 g/mol. The Morgan fingerprint density at radius 3 is 2.33 bits per heavy atom. The average molecular weight is 505 g/mol. The van der Waals surface area contributed by atoms with Gasteiger partial charge < -0.3 is 19.9 Å². The second kappa shape index (κ2) is 10.1. The summed E-state index contributed by atoms with van der Waals surface area (Å²) in [5, 5.41) is 11.8. The summed E-state index contributed by atoms with van der Waals surface area (Å²) in [6.07, 6.45) is 1.33. The van der Waals surface area contributed by atoms with Crippen LogP contribution in [-0.2, 0) is 6.61 Å². The van der Waals surface area contributed by atoms with Crippen molar-refractivity contribution >= 4 is 40.7 Å². The Morgan fingerprint density at radius 1 is 1.06 bits per heavy atom. The lowest BCUT2D eigenvalue weighted by molar-refractivity contribution is 0.0697. The molecule has 1 aromatic heterocycles.